The Labute approximate surface area is 128 Å². The minimum absolute atomic E-state index is 0.163. The second-order valence-corrected chi connectivity index (χ2v) is 6.05. The van der Waals surface area contributed by atoms with Crippen LogP contribution in [-0.2, 0) is 4.74 Å². The third-order valence-corrected chi connectivity index (χ3v) is 4.27. The summed E-state index contributed by atoms with van der Waals surface area (Å²) in [6.07, 6.45) is 7.38. The first-order valence-electron chi connectivity index (χ1n) is 8.38. The molecule has 1 saturated carbocycles. The van der Waals surface area contributed by atoms with Gasteiger partial charge < -0.3 is 10.1 Å². The van der Waals surface area contributed by atoms with E-state index in [1.54, 1.807) is 6.07 Å². The van der Waals surface area contributed by atoms with Crippen molar-refractivity contribution < 1.29 is 9.13 Å². The highest BCUT2D eigenvalue weighted by molar-refractivity contribution is 5.20. The van der Waals surface area contributed by atoms with Crippen molar-refractivity contribution in [2.24, 2.45) is 5.92 Å². The lowest BCUT2D eigenvalue weighted by Crippen LogP contribution is -2.26. The van der Waals surface area contributed by atoms with E-state index in [0.717, 1.165) is 19.6 Å². The monoisotopic (exact) mass is 293 g/mol. The Bertz CT molecular complexity index is 404. The Balaban J connectivity index is 1.93. The Morgan fingerprint density at radius 2 is 2.00 bits per heavy atom. The minimum Gasteiger partial charge on any atom is -0.372 e. The third-order valence-electron chi connectivity index (χ3n) is 4.27. The van der Waals surface area contributed by atoms with E-state index in [-0.39, 0.29) is 11.9 Å². The van der Waals surface area contributed by atoms with Crippen LogP contribution in [0.5, 0.6) is 0 Å². The van der Waals surface area contributed by atoms with E-state index >= 15 is 0 Å². The van der Waals surface area contributed by atoms with Gasteiger partial charge in [0.25, 0.3) is 0 Å². The maximum absolute atomic E-state index is 14.0. The molecule has 0 spiro atoms. The van der Waals surface area contributed by atoms with Crippen LogP contribution in [0, 0.1) is 11.7 Å². The van der Waals surface area contributed by atoms with Gasteiger partial charge in [-0.05, 0) is 37.8 Å². The fraction of sp³-hybridized carbons (Fsp3) is 0.667. The average molecular weight is 293 g/mol. The Kier molecular flexibility index (Phi) is 7.17. The molecule has 2 nitrogen and oxygen atoms in total. The van der Waals surface area contributed by atoms with Gasteiger partial charge >= 0.3 is 0 Å². The van der Waals surface area contributed by atoms with Gasteiger partial charge in [0.05, 0.1) is 12.7 Å². The van der Waals surface area contributed by atoms with E-state index in [0.29, 0.717) is 18.0 Å². The molecule has 0 radical (unpaired) electrons. The first kappa shape index (κ1) is 16.4. The molecular weight excluding hydrogens is 265 g/mol. The van der Waals surface area contributed by atoms with Crippen molar-refractivity contribution >= 4 is 0 Å². The van der Waals surface area contributed by atoms with Gasteiger partial charge in [0.15, 0.2) is 0 Å². The van der Waals surface area contributed by atoms with E-state index in [1.807, 2.05) is 12.1 Å². The number of halogens is 1. The summed E-state index contributed by atoms with van der Waals surface area (Å²) in [7, 11) is 0. The maximum Gasteiger partial charge on any atom is 0.129 e. The van der Waals surface area contributed by atoms with Crippen LogP contribution >= 0.6 is 0 Å². The molecule has 0 aliphatic heterocycles. The van der Waals surface area contributed by atoms with Gasteiger partial charge in [-0.25, -0.2) is 4.39 Å². The summed E-state index contributed by atoms with van der Waals surface area (Å²) in [6, 6.07) is 6.98. The van der Waals surface area contributed by atoms with Crippen molar-refractivity contribution in [2.45, 2.75) is 51.6 Å². The molecule has 1 fully saturated rings. The molecule has 1 unspecified atom stereocenters. The van der Waals surface area contributed by atoms with E-state index in [4.69, 9.17) is 4.74 Å². The topological polar surface area (TPSA) is 21.3 Å². The maximum atomic E-state index is 14.0. The molecule has 3 heteroatoms. The molecule has 118 valence electrons. The SMILES string of the molecule is CCCNCC(OCC1CCCCC1)c1ccccc1F. The summed E-state index contributed by atoms with van der Waals surface area (Å²) in [5.41, 5.74) is 0.678. The molecule has 1 atom stereocenters. The Hall–Kier alpha value is -0.930. The Morgan fingerprint density at radius 3 is 2.71 bits per heavy atom. The van der Waals surface area contributed by atoms with Crippen LogP contribution in [-0.4, -0.2) is 19.7 Å². The standard InChI is InChI=1S/C18H28FNO/c1-2-12-20-13-18(16-10-6-7-11-17(16)19)21-14-15-8-4-3-5-9-15/h6-7,10-11,15,18,20H,2-5,8-9,12-14H2,1H3. The van der Waals surface area contributed by atoms with Gasteiger partial charge in [-0.1, -0.05) is 44.4 Å². The molecule has 0 bridgehead atoms. The van der Waals surface area contributed by atoms with Crippen molar-refractivity contribution in [3.63, 3.8) is 0 Å². The van der Waals surface area contributed by atoms with Gasteiger partial charge in [-0.3, -0.25) is 0 Å². The third kappa shape index (κ3) is 5.40. The van der Waals surface area contributed by atoms with Crippen molar-refractivity contribution in [1.82, 2.24) is 5.32 Å². The average Bonchev–Trinajstić information content (AvgIpc) is 2.53. The number of nitrogens with one attached hydrogen (secondary N) is 1. The van der Waals surface area contributed by atoms with Crippen LogP contribution in [0.4, 0.5) is 4.39 Å². The molecular formula is C18H28FNO. The Morgan fingerprint density at radius 1 is 1.24 bits per heavy atom. The van der Waals surface area contributed by atoms with E-state index in [2.05, 4.69) is 12.2 Å². The summed E-state index contributed by atoms with van der Waals surface area (Å²) in [5, 5.41) is 3.36. The predicted molar refractivity (Wildman–Crippen MR) is 84.8 cm³/mol. The zero-order valence-electron chi connectivity index (χ0n) is 13.1. The van der Waals surface area contributed by atoms with Crippen LogP contribution < -0.4 is 5.32 Å². The minimum atomic E-state index is -0.181. The smallest absolute Gasteiger partial charge is 0.129 e. The summed E-state index contributed by atoms with van der Waals surface area (Å²) in [6.45, 7) is 4.51. The zero-order valence-corrected chi connectivity index (χ0v) is 13.1. The van der Waals surface area contributed by atoms with Crippen molar-refractivity contribution in [3.05, 3.63) is 35.6 Å². The molecule has 0 aromatic heterocycles. The molecule has 1 N–H and O–H groups in total. The fourth-order valence-corrected chi connectivity index (χ4v) is 3.01. The quantitative estimate of drug-likeness (QED) is 0.714. The van der Waals surface area contributed by atoms with Gasteiger partial charge in [0, 0.05) is 12.1 Å². The largest absolute Gasteiger partial charge is 0.372 e. The number of rotatable bonds is 8. The van der Waals surface area contributed by atoms with Crippen LogP contribution in [0.3, 0.4) is 0 Å². The molecule has 0 saturated heterocycles. The summed E-state index contributed by atoms with van der Waals surface area (Å²) in [4.78, 5) is 0. The second-order valence-electron chi connectivity index (χ2n) is 6.05. The molecule has 2 rings (SSSR count). The van der Waals surface area contributed by atoms with Crippen molar-refractivity contribution in [2.75, 3.05) is 19.7 Å². The lowest BCUT2D eigenvalue weighted by atomic mass is 9.90. The van der Waals surface area contributed by atoms with Crippen LogP contribution in [0.2, 0.25) is 0 Å². The van der Waals surface area contributed by atoms with Gasteiger partial charge in [0.2, 0.25) is 0 Å². The lowest BCUT2D eigenvalue weighted by Gasteiger charge is -2.25. The summed E-state index contributed by atoms with van der Waals surface area (Å²) in [5.74, 6) is 0.489. The van der Waals surface area contributed by atoms with Gasteiger partial charge in [-0.2, -0.15) is 0 Å². The van der Waals surface area contributed by atoms with E-state index in [1.165, 1.54) is 38.2 Å². The second kappa shape index (κ2) is 9.16. The summed E-state index contributed by atoms with van der Waals surface area (Å²) >= 11 is 0. The highest BCUT2D eigenvalue weighted by atomic mass is 19.1. The first-order valence-corrected chi connectivity index (χ1v) is 8.38. The zero-order chi connectivity index (χ0) is 14.9. The molecule has 1 aromatic carbocycles. The van der Waals surface area contributed by atoms with Gasteiger partial charge in [0.1, 0.15) is 5.82 Å². The first-order chi connectivity index (χ1) is 10.3. The molecule has 21 heavy (non-hydrogen) atoms. The summed E-state index contributed by atoms with van der Waals surface area (Å²) < 4.78 is 20.1. The predicted octanol–water partition coefficient (Wildman–Crippen LogP) is 4.46. The van der Waals surface area contributed by atoms with Crippen molar-refractivity contribution in [1.29, 1.82) is 0 Å². The molecule has 0 heterocycles. The highest BCUT2D eigenvalue weighted by Gasteiger charge is 2.19. The number of ether oxygens (including phenoxy) is 1. The van der Waals surface area contributed by atoms with Crippen LogP contribution in [0.25, 0.3) is 0 Å². The van der Waals surface area contributed by atoms with E-state index < -0.39 is 0 Å². The normalized spacial score (nSPS) is 17.8. The number of hydrogen-bond acceptors (Lipinski definition) is 2. The van der Waals surface area contributed by atoms with Crippen molar-refractivity contribution in [3.8, 4) is 0 Å². The highest BCUT2D eigenvalue weighted by Crippen LogP contribution is 2.27. The lowest BCUT2D eigenvalue weighted by molar-refractivity contribution is 0.0182. The molecule has 1 aliphatic carbocycles. The van der Waals surface area contributed by atoms with E-state index in [9.17, 15) is 4.39 Å². The van der Waals surface area contributed by atoms with Crippen LogP contribution in [0.1, 0.15) is 57.1 Å². The molecule has 1 aliphatic rings. The molecule has 1 aromatic rings. The number of benzene rings is 1. The van der Waals surface area contributed by atoms with Crippen LogP contribution in [0.15, 0.2) is 24.3 Å². The molecule has 0 amide bonds. The number of hydrogen-bond donors (Lipinski definition) is 1. The van der Waals surface area contributed by atoms with Gasteiger partial charge in [-0.15, -0.1) is 0 Å². The fourth-order valence-electron chi connectivity index (χ4n) is 3.01.